The molecule has 5 heteroatoms. The Morgan fingerprint density at radius 1 is 1.19 bits per heavy atom. The van der Waals surface area contributed by atoms with Gasteiger partial charge in [-0.3, -0.25) is 4.79 Å². The topological polar surface area (TPSA) is 56.1 Å². The Morgan fingerprint density at radius 2 is 1.96 bits per heavy atom. The molecule has 0 bridgehead atoms. The van der Waals surface area contributed by atoms with E-state index in [1.807, 2.05) is 73.1 Å². The number of amides is 1. The number of ether oxygens (including phenoxy) is 1. The maximum atomic E-state index is 12.5. The Bertz CT molecular complexity index is 842. The molecule has 0 unspecified atom stereocenters. The largest absolute Gasteiger partial charge is 0.480 e. The first-order valence-corrected chi connectivity index (χ1v) is 8.74. The van der Waals surface area contributed by atoms with E-state index in [9.17, 15) is 4.79 Å². The molecular weight excluding hydrogens is 326 g/mol. The van der Waals surface area contributed by atoms with Crippen LogP contribution in [-0.4, -0.2) is 21.6 Å². The molecule has 0 aliphatic heterocycles. The maximum absolute atomic E-state index is 12.5. The monoisotopic (exact) mass is 349 g/mol. The van der Waals surface area contributed by atoms with E-state index in [2.05, 4.69) is 10.3 Å². The van der Waals surface area contributed by atoms with Gasteiger partial charge in [-0.1, -0.05) is 37.3 Å². The van der Waals surface area contributed by atoms with Crippen LogP contribution in [0.4, 0.5) is 0 Å². The van der Waals surface area contributed by atoms with Gasteiger partial charge in [0.25, 0.3) is 5.91 Å². The summed E-state index contributed by atoms with van der Waals surface area (Å²) in [4.78, 5) is 16.5. The van der Waals surface area contributed by atoms with Crippen molar-refractivity contribution in [2.45, 2.75) is 32.9 Å². The Balaban J connectivity index is 1.57. The second-order valence-electron chi connectivity index (χ2n) is 6.13. The summed E-state index contributed by atoms with van der Waals surface area (Å²) in [5.74, 6) is 0.647. The molecule has 3 rings (SSSR count). The van der Waals surface area contributed by atoms with Gasteiger partial charge in [0.2, 0.25) is 0 Å². The van der Waals surface area contributed by atoms with Gasteiger partial charge in [0, 0.05) is 24.6 Å². The van der Waals surface area contributed by atoms with Crippen LogP contribution >= 0.6 is 0 Å². The summed E-state index contributed by atoms with van der Waals surface area (Å²) in [6.45, 7) is 4.39. The third-order valence-corrected chi connectivity index (χ3v) is 4.23. The minimum Gasteiger partial charge on any atom is -0.480 e. The molecule has 0 radical (unpaired) electrons. The minimum absolute atomic E-state index is 0.102. The number of nitrogens with one attached hydrogen (secondary N) is 1. The van der Waals surface area contributed by atoms with E-state index in [0.29, 0.717) is 13.0 Å². The number of hydrogen-bond acceptors (Lipinski definition) is 3. The van der Waals surface area contributed by atoms with Crippen LogP contribution in [0.3, 0.4) is 0 Å². The third kappa shape index (κ3) is 4.30. The van der Waals surface area contributed by atoms with E-state index in [1.54, 1.807) is 12.5 Å². The quantitative estimate of drug-likeness (QED) is 0.708. The standard InChI is InChI=1S/C21H23N3O2/c1-3-19(26-20-7-5-4-6-16(20)2)21(25)23-14-17-8-10-18(11-9-17)24-13-12-22-15-24/h4-13,15,19H,3,14H2,1-2H3,(H,23,25)/t19-/m0/s1. The Labute approximate surface area is 153 Å². The normalized spacial score (nSPS) is 11.8. The van der Waals surface area contributed by atoms with Crippen LogP contribution in [0, 0.1) is 6.92 Å². The van der Waals surface area contributed by atoms with E-state index in [1.165, 1.54) is 0 Å². The van der Waals surface area contributed by atoms with Crippen molar-refractivity contribution >= 4 is 5.91 Å². The van der Waals surface area contributed by atoms with Gasteiger partial charge in [-0.15, -0.1) is 0 Å². The molecule has 2 aromatic carbocycles. The fraction of sp³-hybridized carbons (Fsp3) is 0.238. The van der Waals surface area contributed by atoms with Crippen molar-refractivity contribution in [1.82, 2.24) is 14.9 Å². The molecule has 0 aliphatic rings. The second-order valence-corrected chi connectivity index (χ2v) is 6.13. The number of imidazole rings is 1. The van der Waals surface area contributed by atoms with Crippen LogP contribution in [0.1, 0.15) is 24.5 Å². The van der Waals surface area contributed by atoms with Crippen molar-refractivity contribution in [2.75, 3.05) is 0 Å². The first-order chi connectivity index (χ1) is 12.7. The molecule has 26 heavy (non-hydrogen) atoms. The average Bonchev–Trinajstić information content (AvgIpc) is 3.20. The lowest BCUT2D eigenvalue weighted by molar-refractivity contribution is -0.128. The number of aryl methyl sites for hydroxylation is 1. The molecule has 1 atom stereocenters. The third-order valence-electron chi connectivity index (χ3n) is 4.23. The fourth-order valence-electron chi connectivity index (χ4n) is 2.66. The van der Waals surface area contributed by atoms with Gasteiger partial charge in [-0.2, -0.15) is 0 Å². The summed E-state index contributed by atoms with van der Waals surface area (Å²) >= 11 is 0. The molecule has 1 heterocycles. The molecule has 134 valence electrons. The summed E-state index contributed by atoms with van der Waals surface area (Å²) < 4.78 is 7.83. The molecule has 5 nitrogen and oxygen atoms in total. The smallest absolute Gasteiger partial charge is 0.261 e. The average molecular weight is 349 g/mol. The maximum Gasteiger partial charge on any atom is 0.261 e. The SMILES string of the molecule is CC[C@H](Oc1ccccc1C)C(=O)NCc1ccc(-n2ccnc2)cc1. The molecule has 0 saturated carbocycles. The summed E-state index contributed by atoms with van der Waals surface area (Å²) in [5.41, 5.74) is 3.09. The zero-order valence-corrected chi connectivity index (χ0v) is 15.1. The highest BCUT2D eigenvalue weighted by molar-refractivity contribution is 5.81. The van der Waals surface area contributed by atoms with Gasteiger partial charge >= 0.3 is 0 Å². The summed E-state index contributed by atoms with van der Waals surface area (Å²) in [6, 6.07) is 15.7. The van der Waals surface area contributed by atoms with Gasteiger partial charge < -0.3 is 14.6 Å². The van der Waals surface area contributed by atoms with Crippen LogP contribution in [0.15, 0.2) is 67.3 Å². The number of carbonyl (C=O) groups excluding carboxylic acids is 1. The number of rotatable bonds is 7. The van der Waals surface area contributed by atoms with Crippen LogP contribution in [-0.2, 0) is 11.3 Å². The second kappa shape index (κ2) is 8.34. The highest BCUT2D eigenvalue weighted by Gasteiger charge is 2.18. The molecule has 0 aliphatic carbocycles. The van der Waals surface area contributed by atoms with Crippen LogP contribution < -0.4 is 10.1 Å². The molecular formula is C21H23N3O2. The molecule has 1 aromatic heterocycles. The predicted octanol–water partition coefficient (Wildman–Crippen LogP) is 3.65. The van der Waals surface area contributed by atoms with E-state index in [0.717, 1.165) is 22.6 Å². The predicted molar refractivity (Wildman–Crippen MR) is 101 cm³/mol. The molecule has 1 amide bonds. The number of hydrogen-bond donors (Lipinski definition) is 1. The molecule has 0 fully saturated rings. The van der Waals surface area contributed by atoms with Crippen molar-refractivity contribution in [2.24, 2.45) is 0 Å². The highest BCUT2D eigenvalue weighted by atomic mass is 16.5. The van der Waals surface area contributed by atoms with Gasteiger partial charge in [0.1, 0.15) is 5.75 Å². The summed E-state index contributed by atoms with van der Waals surface area (Å²) in [7, 11) is 0. The zero-order valence-electron chi connectivity index (χ0n) is 15.1. The van der Waals surface area contributed by atoms with Crippen molar-refractivity contribution in [3.8, 4) is 11.4 Å². The zero-order chi connectivity index (χ0) is 18.4. The fourth-order valence-corrected chi connectivity index (χ4v) is 2.66. The van der Waals surface area contributed by atoms with Crippen molar-refractivity contribution in [3.05, 3.63) is 78.4 Å². The summed E-state index contributed by atoms with van der Waals surface area (Å²) in [5, 5.41) is 2.96. The van der Waals surface area contributed by atoms with E-state index < -0.39 is 6.10 Å². The van der Waals surface area contributed by atoms with Crippen molar-refractivity contribution < 1.29 is 9.53 Å². The Morgan fingerprint density at radius 3 is 2.62 bits per heavy atom. The lowest BCUT2D eigenvalue weighted by Crippen LogP contribution is -2.37. The van der Waals surface area contributed by atoms with E-state index >= 15 is 0 Å². The van der Waals surface area contributed by atoms with Gasteiger partial charge in [-0.25, -0.2) is 4.98 Å². The van der Waals surface area contributed by atoms with Crippen molar-refractivity contribution in [3.63, 3.8) is 0 Å². The molecule has 3 aromatic rings. The van der Waals surface area contributed by atoms with Gasteiger partial charge in [-0.05, 0) is 42.7 Å². The Kier molecular flexibility index (Phi) is 5.69. The Hall–Kier alpha value is -3.08. The number of nitrogens with zero attached hydrogens (tertiary/aromatic N) is 2. The minimum atomic E-state index is -0.499. The number of para-hydroxylation sites is 1. The number of carbonyl (C=O) groups is 1. The van der Waals surface area contributed by atoms with E-state index in [-0.39, 0.29) is 5.91 Å². The first kappa shape index (κ1) is 17.7. The van der Waals surface area contributed by atoms with Crippen LogP contribution in [0.25, 0.3) is 5.69 Å². The number of aromatic nitrogens is 2. The summed E-state index contributed by atoms with van der Waals surface area (Å²) in [6.07, 6.45) is 5.51. The molecule has 0 spiro atoms. The highest BCUT2D eigenvalue weighted by Crippen LogP contribution is 2.19. The molecule has 1 N–H and O–H groups in total. The lowest BCUT2D eigenvalue weighted by atomic mass is 10.2. The van der Waals surface area contributed by atoms with Gasteiger partial charge in [0.05, 0.1) is 6.33 Å². The lowest BCUT2D eigenvalue weighted by Gasteiger charge is -2.18. The van der Waals surface area contributed by atoms with Crippen LogP contribution in [0.5, 0.6) is 5.75 Å². The first-order valence-electron chi connectivity index (χ1n) is 8.74. The molecule has 0 saturated heterocycles. The van der Waals surface area contributed by atoms with E-state index in [4.69, 9.17) is 4.74 Å². The van der Waals surface area contributed by atoms with Gasteiger partial charge in [0.15, 0.2) is 6.10 Å². The van der Waals surface area contributed by atoms with Crippen LogP contribution in [0.2, 0.25) is 0 Å². The number of benzene rings is 2. The van der Waals surface area contributed by atoms with Crippen molar-refractivity contribution in [1.29, 1.82) is 0 Å².